The van der Waals surface area contributed by atoms with Gasteiger partial charge in [-0.3, -0.25) is 9.78 Å². The van der Waals surface area contributed by atoms with Crippen molar-refractivity contribution in [2.24, 2.45) is 0 Å². The van der Waals surface area contributed by atoms with Crippen LogP contribution >= 0.6 is 15.9 Å². The minimum atomic E-state index is -0.419. The Bertz CT molecular complexity index is 658. The Kier molecular flexibility index (Phi) is 4.96. The van der Waals surface area contributed by atoms with Crippen LogP contribution in [0.4, 0.5) is 0 Å². The number of methoxy groups -OCH3 is 2. The number of hydrogen-bond donors (Lipinski definition) is 0. The fourth-order valence-corrected chi connectivity index (χ4v) is 2.56. The zero-order valence-corrected chi connectivity index (χ0v) is 13.7. The van der Waals surface area contributed by atoms with Gasteiger partial charge in [0.2, 0.25) is 0 Å². The maximum Gasteiger partial charge on any atom is 0.181 e. The van der Waals surface area contributed by atoms with Crippen LogP contribution in [0.25, 0.3) is 0 Å². The second-order valence-electron chi connectivity index (χ2n) is 4.53. The first-order valence-electron chi connectivity index (χ1n) is 6.39. The molecule has 5 heteroatoms. The van der Waals surface area contributed by atoms with E-state index in [1.165, 1.54) is 0 Å². The van der Waals surface area contributed by atoms with Gasteiger partial charge in [0.1, 0.15) is 4.83 Å². The second kappa shape index (κ2) is 6.72. The van der Waals surface area contributed by atoms with Crippen molar-refractivity contribution < 1.29 is 14.3 Å². The topological polar surface area (TPSA) is 48.4 Å². The highest BCUT2D eigenvalue weighted by molar-refractivity contribution is 9.09. The Morgan fingerprint density at radius 2 is 1.86 bits per heavy atom. The number of pyridine rings is 1. The van der Waals surface area contributed by atoms with Crippen LogP contribution in [0.5, 0.6) is 11.5 Å². The summed E-state index contributed by atoms with van der Waals surface area (Å²) < 4.78 is 10.4. The summed E-state index contributed by atoms with van der Waals surface area (Å²) in [5.74, 6) is 1.09. The molecule has 0 saturated heterocycles. The molecule has 21 heavy (non-hydrogen) atoms. The highest BCUT2D eigenvalue weighted by Crippen LogP contribution is 2.32. The number of Topliss-reactive ketones (excluding diaryl/α,β-unsaturated/α-hetero) is 1. The van der Waals surface area contributed by atoms with Gasteiger partial charge < -0.3 is 9.47 Å². The summed E-state index contributed by atoms with van der Waals surface area (Å²) in [7, 11) is 3.11. The summed E-state index contributed by atoms with van der Waals surface area (Å²) in [6, 6.07) is 8.85. The van der Waals surface area contributed by atoms with Crippen LogP contribution < -0.4 is 9.47 Å². The zero-order chi connectivity index (χ0) is 15.4. The molecule has 0 N–H and O–H groups in total. The summed E-state index contributed by atoms with van der Waals surface area (Å²) in [6.45, 7) is 1.89. The highest BCUT2D eigenvalue weighted by Gasteiger charge is 2.20. The van der Waals surface area contributed by atoms with E-state index in [1.807, 2.05) is 19.1 Å². The summed E-state index contributed by atoms with van der Waals surface area (Å²) in [6.07, 6.45) is 1.70. The Morgan fingerprint density at radius 3 is 2.48 bits per heavy atom. The number of hydrogen-bond acceptors (Lipinski definition) is 4. The second-order valence-corrected chi connectivity index (χ2v) is 5.44. The fraction of sp³-hybridized carbons (Fsp3) is 0.250. The third kappa shape index (κ3) is 3.42. The smallest absolute Gasteiger partial charge is 0.181 e. The quantitative estimate of drug-likeness (QED) is 0.609. The number of rotatable bonds is 5. The standard InChI is InChI=1S/C16H16BrNO3/c1-10-8-11(6-7-18-10)15(17)16(19)12-4-5-13(20-2)14(9-12)21-3/h4-9,15H,1-3H3. The lowest BCUT2D eigenvalue weighted by molar-refractivity contribution is 0.0991. The molecule has 0 saturated carbocycles. The molecule has 1 aromatic carbocycles. The summed E-state index contributed by atoms with van der Waals surface area (Å²) in [5.41, 5.74) is 2.31. The number of nitrogens with zero attached hydrogens (tertiary/aromatic N) is 1. The summed E-state index contributed by atoms with van der Waals surface area (Å²) in [5, 5.41) is 0. The van der Waals surface area contributed by atoms with Crippen LogP contribution in [0, 0.1) is 6.92 Å². The summed E-state index contributed by atoms with van der Waals surface area (Å²) in [4.78, 5) is 16.3. The minimum absolute atomic E-state index is 0.0402. The monoisotopic (exact) mass is 349 g/mol. The lowest BCUT2D eigenvalue weighted by Crippen LogP contribution is -2.08. The molecule has 0 fully saturated rings. The predicted molar refractivity (Wildman–Crippen MR) is 84.5 cm³/mol. The van der Waals surface area contributed by atoms with E-state index in [4.69, 9.17) is 9.47 Å². The van der Waals surface area contributed by atoms with Crippen molar-refractivity contribution >= 4 is 21.7 Å². The van der Waals surface area contributed by atoms with Crippen molar-refractivity contribution in [3.63, 3.8) is 0 Å². The molecule has 0 spiro atoms. The van der Waals surface area contributed by atoms with Crippen LogP contribution in [0.3, 0.4) is 0 Å². The van der Waals surface area contributed by atoms with Crippen LogP contribution in [0.2, 0.25) is 0 Å². The van der Waals surface area contributed by atoms with Gasteiger partial charge in [0, 0.05) is 17.5 Å². The summed E-state index contributed by atoms with van der Waals surface area (Å²) >= 11 is 3.45. The molecular weight excluding hydrogens is 334 g/mol. The molecule has 1 unspecified atom stereocenters. The van der Waals surface area contributed by atoms with Gasteiger partial charge in [-0.15, -0.1) is 0 Å². The largest absolute Gasteiger partial charge is 0.493 e. The van der Waals surface area contributed by atoms with Gasteiger partial charge in [-0.25, -0.2) is 0 Å². The van der Waals surface area contributed by atoms with Gasteiger partial charge in [0.05, 0.1) is 14.2 Å². The number of halogens is 1. The Balaban J connectivity index is 2.31. The van der Waals surface area contributed by atoms with Gasteiger partial charge in [-0.05, 0) is 42.8 Å². The van der Waals surface area contributed by atoms with E-state index in [2.05, 4.69) is 20.9 Å². The third-order valence-electron chi connectivity index (χ3n) is 3.11. The number of benzene rings is 1. The van der Waals surface area contributed by atoms with Gasteiger partial charge in [-0.1, -0.05) is 15.9 Å². The average molecular weight is 350 g/mol. The van der Waals surface area contributed by atoms with Crippen LogP contribution in [0.15, 0.2) is 36.5 Å². The lowest BCUT2D eigenvalue weighted by Gasteiger charge is -2.12. The van der Waals surface area contributed by atoms with Crippen molar-refractivity contribution in [2.45, 2.75) is 11.8 Å². The maximum absolute atomic E-state index is 12.6. The molecule has 0 aliphatic carbocycles. The van der Waals surface area contributed by atoms with Gasteiger partial charge in [-0.2, -0.15) is 0 Å². The first-order chi connectivity index (χ1) is 10.1. The molecule has 0 bridgehead atoms. The molecule has 110 valence electrons. The van der Waals surface area contributed by atoms with E-state index in [0.717, 1.165) is 11.3 Å². The molecule has 0 amide bonds. The molecular formula is C16H16BrNO3. The van der Waals surface area contributed by atoms with Gasteiger partial charge in [0.25, 0.3) is 0 Å². The van der Waals surface area contributed by atoms with E-state index in [9.17, 15) is 4.79 Å². The SMILES string of the molecule is COc1ccc(C(=O)C(Br)c2ccnc(C)c2)cc1OC. The molecule has 4 nitrogen and oxygen atoms in total. The van der Waals surface area contributed by atoms with Crippen molar-refractivity contribution in [1.29, 1.82) is 0 Å². The normalized spacial score (nSPS) is 11.8. The maximum atomic E-state index is 12.6. The minimum Gasteiger partial charge on any atom is -0.493 e. The van der Waals surface area contributed by atoms with Crippen molar-refractivity contribution in [1.82, 2.24) is 4.98 Å². The predicted octanol–water partition coefficient (Wildman–Crippen LogP) is 3.73. The average Bonchev–Trinajstić information content (AvgIpc) is 2.52. The Hall–Kier alpha value is -1.88. The Morgan fingerprint density at radius 1 is 1.14 bits per heavy atom. The van der Waals surface area contributed by atoms with Crippen molar-refractivity contribution in [2.75, 3.05) is 14.2 Å². The zero-order valence-electron chi connectivity index (χ0n) is 12.1. The van der Waals surface area contributed by atoms with E-state index >= 15 is 0 Å². The molecule has 0 aliphatic heterocycles. The van der Waals surface area contributed by atoms with E-state index in [0.29, 0.717) is 17.1 Å². The number of ketones is 1. The molecule has 2 aromatic rings. The van der Waals surface area contributed by atoms with Gasteiger partial charge in [0.15, 0.2) is 17.3 Å². The van der Waals surface area contributed by atoms with Gasteiger partial charge >= 0.3 is 0 Å². The number of ether oxygens (including phenoxy) is 2. The van der Waals surface area contributed by atoms with E-state index in [1.54, 1.807) is 38.6 Å². The van der Waals surface area contributed by atoms with Crippen molar-refractivity contribution in [3.8, 4) is 11.5 Å². The number of carbonyl (C=O) groups excluding carboxylic acids is 1. The van der Waals surface area contributed by atoms with Crippen molar-refractivity contribution in [3.05, 3.63) is 53.3 Å². The molecule has 2 rings (SSSR count). The van der Waals surface area contributed by atoms with Crippen LogP contribution in [-0.2, 0) is 0 Å². The van der Waals surface area contributed by atoms with Crippen LogP contribution in [0.1, 0.15) is 26.4 Å². The number of aromatic nitrogens is 1. The molecule has 1 atom stereocenters. The first kappa shape index (κ1) is 15.5. The highest BCUT2D eigenvalue weighted by atomic mass is 79.9. The molecule has 1 heterocycles. The molecule has 0 aliphatic rings. The first-order valence-corrected chi connectivity index (χ1v) is 7.31. The Labute approximate surface area is 132 Å². The number of alkyl halides is 1. The van der Waals surface area contributed by atoms with Crippen LogP contribution in [-0.4, -0.2) is 25.0 Å². The lowest BCUT2D eigenvalue weighted by atomic mass is 10.0. The third-order valence-corrected chi connectivity index (χ3v) is 4.06. The van der Waals surface area contributed by atoms with E-state index < -0.39 is 4.83 Å². The van der Waals surface area contributed by atoms with E-state index in [-0.39, 0.29) is 5.78 Å². The molecule has 1 aromatic heterocycles. The number of aryl methyl sites for hydroxylation is 1. The molecule has 0 radical (unpaired) electrons. The number of carbonyl (C=O) groups is 1. The fourth-order valence-electron chi connectivity index (χ4n) is 2.01.